The summed E-state index contributed by atoms with van der Waals surface area (Å²) >= 11 is 0. The van der Waals surface area contributed by atoms with Gasteiger partial charge in [0.15, 0.2) is 5.58 Å². The number of aromatic nitrogens is 1. The fourth-order valence-corrected chi connectivity index (χ4v) is 2.28. The normalized spacial score (nSPS) is 19.8. The van der Waals surface area contributed by atoms with Crippen molar-refractivity contribution in [3.05, 3.63) is 28.3 Å². The van der Waals surface area contributed by atoms with E-state index in [1.165, 1.54) is 12.1 Å². The first-order valence-electron chi connectivity index (χ1n) is 6.11. The zero-order chi connectivity index (χ0) is 13.4. The van der Waals surface area contributed by atoms with Crippen molar-refractivity contribution in [1.82, 2.24) is 4.98 Å². The van der Waals surface area contributed by atoms with Crippen LogP contribution in [-0.2, 0) is 0 Å². The van der Waals surface area contributed by atoms with E-state index in [1.54, 1.807) is 6.07 Å². The number of β-amino-alcohol motifs (C(OH)–C–C–N with tert-alkyl or cyclic N) is 1. The van der Waals surface area contributed by atoms with E-state index in [1.807, 2.05) is 4.90 Å². The number of non-ortho nitro benzene ring substituents is 1. The smallest absolute Gasteiger partial charge is 0.298 e. The second kappa shape index (κ2) is 4.51. The van der Waals surface area contributed by atoms with Crippen LogP contribution in [0, 0.1) is 10.1 Å². The summed E-state index contributed by atoms with van der Waals surface area (Å²) in [4.78, 5) is 16.4. The van der Waals surface area contributed by atoms with Gasteiger partial charge in [-0.2, -0.15) is 4.98 Å². The van der Waals surface area contributed by atoms with Crippen LogP contribution in [-0.4, -0.2) is 34.2 Å². The zero-order valence-corrected chi connectivity index (χ0v) is 10.2. The van der Waals surface area contributed by atoms with Gasteiger partial charge in [0.2, 0.25) is 0 Å². The lowest BCUT2D eigenvalue weighted by molar-refractivity contribution is -0.384. The Bertz CT molecular complexity index is 624. The summed E-state index contributed by atoms with van der Waals surface area (Å²) in [6.45, 7) is 1.25. The number of nitro benzene ring substituents is 1. The molecule has 3 rings (SSSR count). The van der Waals surface area contributed by atoms with E-state index in [4.69, 9.17) is 4.42 Å². The van der Waals surface area contributed by atoms with Crippen LogP contribution in [0.5, 0.6) is 0 Å². The number of oxazole rings is 1. The third-order valence-electron chi connectivity index (χ3n) is 3.24. The minimum absolute atomic E-state index is 0.00831. The number of fused-ring (bicyclic) bond motifs is 1. The number of hydrogen-bond acceptors (Lipinski definition) is 6. The molecule has 7 heteroatoms. The fourth-order valence-electron chi connectivity index (χ4n) is 2.28. The number of rotatable bonds is 2. The minimum Gasteiger partial charge on any atom is -0.423 e. The Morgan fingerprint density at radius 1 is 1.53 bits per heavy atom. The molecule has 0 aliphatic carbocycles. The molecule has 1 aliphatic heterocycles. The van der Waals surface area contributed by atoms with Crippen molar-refractivity contribution in [3.63, 3.8) is 0 Å². The number of aliphatic hydroxyl groups is 1. The molecule has 1 aliphatic rings. The Morgan fingerprint density at radius 2 is 2.37 bits per heavy atom. The first-order valence-corrected chi connectivity index (χ1v) is 6.11. The van der Waals surface area contributed by atoms with Gasteiger partial charge in [0, 0.05) is 25.2 Å². The van der Waals surface area contributed by atoms with Gasteiger partial charge < -0.3 is 14.4 Å². The standard InChI is InChI=1S/C12H13N3O4/c16-9-2-1-5-14(7-9)12-13-10-6-8(15(17)18)3-4-11(10)19-12/h3-4,6,9,16H,1-2,5,7H2/t9-/m1/s1. The summed E-state index contributed by atoms with van der Waals surface area (Å²) < 4.78 is 5.57. The fraction of sp³-hybridized carbons (Fsp3) is 0.417. The summed E-state index contributed by atoms with van der Waals surface area (Å²) in [5.74, 6) is 0. The molecule has 0 saturated carbocycles. The van der Waals surface area contributed by atoms with Gasteiger partial charge in [0.1, 0.15) is 5.52 Å². The summed E-state index contributed by atoms with van der Waals surface area (Å²) in [5.41, 5.74) is 0.968. The van der Waals surface area contributed by atoms with E-state index in [0.717, 1.165) is 19.4 Å². The van der Waals surface area contributed by atoms with Crippen molar-refractivity contribution >= 4 is 22.8 Å². The van der Waals surface area contributed by atoms with E-state index in [2.05, 4.69) is 4.98 Å². The second-order valence-electron chi connectivity index (χ2n) is 4.65. The van der Waals surface area contributed by atoms with E-state index in [0.29, 0.717) is 23.7 Å². The molecule has 2 aromatic rings. The molecule has 19 heavy (non-hydrogen) atoms. The quantitative estimate of drug-likeness (QED) is 0.654. The lowest BCUT2D eigenvalue weighted by Gasteiger charge is -2.28. The number of nitro groups is 1. The summed E-state index contributed by atoms with van der Waals surface area (Å²) in [7, 11) is 0. The number of piperidine rings is 1. The Morgan fingerprint density at radius 3 is 3.11 bits per heavy atom. The van der Waals surface area contributed by atoms with Crippen LogP contribution in [0.15, 0.2) is 22.6 Å². The summed E-state index contributed by atoms with van der Waals surface area (Å²) in [6, 6.07) is 4.74. The van der Waals surface area contributed by atoms with Crippen molar-refractivity contribution < 1.29 is 14.4 Å². The van der Waals surface area contributed by atoms with E-state index in [9.17, 15) is 15.2 Å². The molecule has 1 saturated heterocycles. The topological polar surface area (TPSA) is 92.6 Å². The monoisotopic (exact) mass is 263 g/mol. The third-order valence-corrected chi connectivity index (χ3v) is 3.24. The van der Waals surface area contributed by atoms with Crippen molar-refractivity contribution in [3.8, 4) is 0 Å². The molecule has 2 heterocycles. The van der Waals surface area contributed by atoms with E-state index < -0.39 is 4.92 Å². The van der Waals surface area contributed by atoms with E-state index >= 15 is 0 Å². The molecule has 1 aromatic carbocycles. The van der Waals surface area contributed by atoms with Crippen molar-refractivity contribution in [2.24, 2.45) is 0 Å². The van der Waals surface area contributed by atoms with Crippen LogP contribution < -0.4 is 4.90 Å². The van der Waals surface area contributed by atoms with Crippen molar-refractivity contribution in [2.75, 3.05) is 18.0 Å². The predicted molar refractivity (Wildman–Crippen MR) is 68.1 cm³/mol. The molecule has 0 amide bonds. The number of hydrogen-bond donors (Lipinski definition) is 1. The highest BCUT2D eigenvalue weighted by molar-refractivity contribution is 5.77. The Hall–Kier alpha value is -2.15. The summed E-state index contributed by atoms with van der Waals surface area (Å²) in [6.07, 6.45) is 1.28. The summed E-state index contributed by atoms with van der Waals surface area (Å²) in [5, 5.41) is 20.3. The maximum atomic E-state index is 10.7. The molecular formula is C12H13N3O4. The number of aliphatic hydroxyl groups excluding tert-OH is 1. The van der Waals surface area contributed by atoms with Gasteiger partial charge in [0.05, 0.1) is 11.0 Å². The molecule has 1 aromatic heterocycles. The molecule has 1 fully saturated rings. The highest BCUT2D eigenvalue weighted by Gasteiger charge is 2.22. The van der Waals surface area contributed by atoms with Crippen molar-refractivity contribution in [2.45, 2.75) is 18.9 Å². The van der Waals surface area contributed by atoms with Gasteiger partial charge in [-0.15, -0.1) is 0 Å². The molecule has 1 atom stereocenters. The molecule has 7 nitrogen and oxygen atoms in total. The van der Waals surface area contributed by atoms with Crippen LogP contribution >= 0.6 is 0 Å². The SMILES string of the molecule is O=[N+]([O-])c1ccc2oc(N3CCC[C@@H](O)C3)nc2c1. The Kier molecular flexibility index (Phi) is 2.83. The van der Waals surface area contributed by atoms with Gasteiger partial charge in [0.25, 0.3) is 11.7 Å². The first kappa shape index (κ1) is 11.9. The maximum absolute atomic E-state index is 10.7. The molecule has 100 valence electrons. The van der Waals surface area contributed by atoms with Gasteiger partial charge in [-0.3, -0.25) is 10.1 Å². The second-order valence-corrected chi connectivity index (χ2v) is 4.65. The maximum Gasteiger partial charge on any atom is 0.298 e. The van der Waals surface area contributed by atoms with Crippen LogP contribution in [0.1, 0.15) is 12.8 Å². The van der Waals surface area contributed by atoms with Gasteiger partial charge in [-0.05, 0) is 18.9 Å². The molecule has 0 radical (unpaired) electrons. The Balaban J connectivity index is 1.94. The molecule has 0 spiro atoms. The lowest BCUT2D eigenvalue weighted by Crippen LogP contribution is -2.38. The average Bonchev–Trinajstić information content (AvgIpc) is 2.81. The van der Waals surface area contributed by atoms with Crippen LogP contribution in [0.4, 0.5) is 11.7 Å². The minimum atomic E-state index is -0.460. The van der Waals surface area contributed by atoms with Gasteiger partial charge in [-0.1, -0.05) is 0 Å². The van der Waals surface area contributed by atoms with E-state index in [-0.39, 0.29) is 11.8 Å². The predicted octanol–water partition coefficient (Wildman–Crippen LogP) is 1.70. The molecule has 0 bridgehead atoms. The zero-order valence-electron chi connectivity index (χ0n) is 10.2. The third kappa shape index (κ3) is 2.24. The molecule has 0 unspecified atom stereocenters. The molecular weight excluding hydrogens is 250 g/mol. The number of benzene rings is 1. The highest BCUT2D eigenvalue weighted by atomic mass is 16.6. The van der Waals surface area contributed by atoms with Crippen molar-refractivity contribution in [1.29, 1.82) is 0 Å². The number of anilines is 1. The van der Waals surface area contributed by atoms with Crippen LogP contribution in [0.25, 0.3) is 11.1 Å². The highest BCUT2D eigenvalue weighted by Crippen LogP contribution is 2.27. The first-order chi connectivity index (χ1) is 9.13. The van der Waals surface area contributed by atoms with Crippen LogP contribution in [0.2, 0.25) is 0 Å². The lowest BCUT2D eigenvalue weighted by atomic mass is 10.1. The Labute approximate surface area is 108 Å². The van der Waals surface area contributed by atoms with Crippen LogP contribution in [0.3, 0.4) is 0 Å². The average molecular weight is 263 g/mol. The number of nitrogens with zero attached hydrogens (tertiary/aromatic N) is 3. The van der Waals surface area contributed by atoms with Gasteiger partial charge in [-0.25, -0.2) is 0 Å². The van der Waals surface area contributed by atoms with Gasteiger partial charge >= 0.3 is 0 Å². The molecule has 1 N–H and O–H groups in total. The largest absolute Gasteiger partial charge is 0.423 e.